The Kier molecular flexibility index (Phi) is 4.58. The van der Waals surface area contributed by atoms with Gasteiger partial charge in [-0.2, -0.15) is 0 Å². The minimum absolute atomic E-state index is 0.289. The molecule has 1 unspecified atom stereocenters. The summed E-state index contributed by atoms with van der Waals surface area (Å²) in [5.41, 5.74) is 3.42. The molecule has 0 amide bonds. The Bertz CT molecular complexity index is 846. The molecule has 0 N–H and O–H groups in total. The Labute approximate surface area is 145 Å². The molecule has 3 nitrogen and oxygen atoms in total. The van der Waals surface area contributed by atoms with Gasteiger partial charge in [-0.05, 0) is 30.5 Å². The van der Waals surface area contributed by atoms with E-state index < -0.39 is 0 Å². The molecule has 0 spiro atoms. The zero-order chi connectivity index (χ0) is 16.2. The van der Waals surface area contributed by atoms with Crippen molar-refractivity contribution in [1.82, 2.24) is 4.57 Å². The van der Waals surface area contributed by atoms with Crippen LogP contribution in [-0.4, -0.2) is 17.3 Å². The first-order valence-corrected chi connectivity index (χ1v) is 9.23. The third-order valence-corrected chi connectivity index (χ3v) is 5.12. The van der Waals surface area contributed by atoms with Gasteiger partial charge in [-0.1, -0.05) is 48.5 Å². The SMILES string of the molecule is c1ccc(N=c2scc(-c3ccccc3)n2CC2CCCO2)cc1. The maximum Gasteiger partial charge on any atom is 0.190 e. The van der Waals surface area contributed by atoms with Crippen LogP contribution in [-0.2, 0) is 11.3 Å². The van der Waals surface area contributed by atoms with E-state index in [2.05, 4.69) is 40.3 Å². The Morgan fingerprint density at radius 3 is 2.50 bits per heavy atom. The number of rotatable bonds is 4. The molecule has 1 aliphatic rings. The van der Waals surface area contributed by atoms with Gasteiger partial charge in [0.15, 0.2) is 4.80 Å². The van der Waals surface area contributed by atoms with E-state index in [0.717, 1.165) is 36.5 Å². The van der Waals surface area contributed by atoms with Crippen LogP contribution in [0.25, 0.3) is 11.3 Å². The number of ether oxygens (including phenoxy) is 1. The largest absolute Gasteiger partial charge is 0.376 e. The van der Waals surface area contributed by atoms with Crippen molar-refractivity contribution >= 4 is 17.0 Å². The van der Waals surface area contributed by atoms with E-state index >= 15 is 0 Å². The molecular weight excluding hydrogens is 316 g/mol. The maximum absolute atomic E-state index is 5.86. The summed E-state index contributed by atoms with van der Waals surface area (Å²) in [4.78, 5) is 5.88. The Balaban J connectivity index is 1.78. The molecule has 2 aromatic carbocycles. The highest BCUT2D eigenvalue weighted by atomic mass is 32.1. The van der Waals surface area contributed by atoms with E-state index in [1.54, 1.807) is 11.3 Å². The Morgan fingerprint density at radius 2 is 1.79 bits per heavy atom. The smallest absolute Gasteiger partial charge is 0.190 e. The summed E-state index contributed by atoms with van der Waals surface area (Å²) in [6.45, 7) is 1.74. The van der Waals surface area contributed by atoms with Gasteiger partial charge >= 0.3 is 0 Å². The quantitative estimate of drug-likeness (QED) is 0.682. The van der Waals surface area contributed by atoms with Gasteiger partial charge in [0, 0.05) is 12.0 Å². The minimum atomic E-state index is 0.289. The maximum atomic E-state index is 5.86. The van der Waals surface area contributed by atoms with E-state index in [1.165, 1.54) is 11.3 Å². The number of benzene rings is 2. The first-order valence-electron chi connectivity index (χ1n) is 8.35. The summed E-state index contributed by atoms with van der Waals surface area (Å²) in [7, 11) is 0. The summed E-state index contributed by atoms with van der Waals surface area (Å²) >= 11 is 1.69. The summed E-state index contributed by atoms with van der Waals surface area (Å²) in [5, 5.41) is 2.20. The molecular formula is C20H20N2OS. The zero-order valence-corrected chi connectivity index (χ0v) is 14.3. The number of aromatic nitrogens is 1. The normalized spacial score (nSPS) is 18.2. The van der Waals surface area contributed by atoms with Crippen molar-refractivity contribution in [1.29, 1.82) is 0 Å². The molecule has 2 heterocycles. The topological polar surface area (TPSA) is 26.5 Å². The number of hydrogen-bond donors (Lipinski definition) is 0. The highest BCUT2D eigenvalue weighted by molar-refractivity contribution is 7.07. The zero-order valence-electron chi connectivity index (χ0n) is 13.5. The van der Waals surface area contributed by atoms with Gasteiger partial charge in [0.1, 0.15) is 0 Å². The molecule has 0 radical (unpaired) electrons. The highest BCUT2D eigenvalue weighted by Gasteiger charge is 2.18. The van der Waals surface area contributed by atoms with Crippen molar-refractivity contribution in [3.63, 3.8) is 0 Å². The first kappa shape index (κ1) is 15.4. The lowest BCUT2D eigenvalue weighted by Gasteiger charge is -2.14. The van der Waals surface area contributed by atoms with Crippen LogP contribution in [0.3, 0.4) is 0 Å². The number of hydrogen-bond acceptors (Lipinski definition) is 3. The molecule has 0 aliphatic carbocycles. The monoisotopic (exact) mass is 336 g/mol. The van der Waals surface area contributed by atoms with E-state index in [-0.39, 0.29) is 6.10 Å². The van der Waals surface area contributed by atoms with E-state index in [1.807, 2.05) is 30.3 Å². The molecule has 24 heavy (non-hydrogen) atoms. The van der Waals surface area contributed by atoms with Crippen LogP contribution in [0.4, 0.5) is 5.69 Å². The fourth-order valence-corrected chi connectivity index (χ4v) is 3.98. The molecule has 3 aromatic rings. The van der Waals surface area contributed by atoms with Gasteiger partial charge in [-0.25, -0.2) is 4.99 Å². The van der Waals surface area contributed by atoms with Gasteiger partial charge in [0.2, 0.25) is 0 Å². The second-order valence-electron chi connectivity index (χ2n) is 5.96. The molecule has 1 saturated heterocycles. The molecule has 122 valence electrons. The van der Waals surface area contributed by atoms with Gasteiger partial charge in [0.05, 0.1) is 24.0 Å². The molecule has 1 atom stereocenters. The summed E-state index contributed by atoms with van der Waals surface area (Å²) < 4.78 is 8.17. The summed E-state index contributed by atoms with van der Waals surface area (Å²) in [5.74, 6) is 0. The van der Waals surface area contributed by atoms with Gasteiger partial charge in [-0.3, -0.25) is 0 Å². The molecule has 0 saturated carbocycles. The van der Waals surface area contributed by atoms with Crippen molar-refractivity contribution < 1.29 is 4.74 Å². The second-order valence-corrected chi connectivity index (χ2v) is 6.80. The summed E-state index contributed by atoms with van der Waals surface area (Å²) in [6.07, 6.45) is 2.57. The Hall–Kier alpha value is -2.17. The molecule has 1 aromatic heterocycles. The van der Waals surface area contributed by atoms with Crippen molar-refractivity contribution in [2.75, 3.05) is 6.61 Å². The molecule has 0 bridgehead atoms. The average molecular weight is 336 g/mol. The van der Waals surface area contributed by atoms with Gasteiger partial charge < -0.3 is 9.30 Å². The number of nitrogens with zero attached hydrogens (tertiary/aromatic N) is 2. The van der Waals surface area contributed by atoms with Crippen LogP contribution >= 0.6 is 11.3 Å². The molecule has 4 rings (SSSR count). The predicted octanol–water partition coefficient (Wildman–Crippen LogP) is 4.63. The van der Waals surface area contributed by atoms with Crippen LogP contribution in [0.15, 0.2) is 71.0 Å². The summed E-state index contributed by atoms with van der Waals surface area (Å²) in [6, 6.07) is 20.7. The Morgan fingerprint density at radius 1 is 1.04 bits per heavy atom. The second kappa shape index (κ2) is 7.16. The molecule has 1 fully saturated rings. The standard InChI is InChI=1S/C20H20N2OS/c1-3-8-16(9-4-1)19-15-24-20(21-17-10-5-2-6-11-17)22(19)14-18-12-7-13-23-18/h1-6,8-11,15,18H,7,12-14H2. The van der Waals surface area contributed by atoms with E-state index in [9.17, 15) is 0 Å². The third-order valence-electron chi connectivity index (χ3n) is 4.26. The van der Waals surface area contributed by atoms with Gasteiger partial charge in [0.25, 0.3) is 0 Å². The lowest BCUT2D eigenvalue weighted by Crippen LogP contribution is -2.23. The minimum Gasteiger partial charge on any atom is -0.376 e. The van der Waals surface area contributed by atoms with Crippen LogP contribution in [0.1, 0.15) is 12.8 Å². The number of para-hydroxylation sites is 1. The van der Waals surface area contributed by atoms with Crippen molar-refractivity contribution in [2.45, 2.75) is 25.5 Å². The lowest BCUT2D eigenvalue weighted by molar-refractivity contribution is 0.0968. The fraction of sp³-hybridized carbons (Fsp3) is 0.250. The fourth-order valence-electron chi connectivity index (χ4n) is 3.04. The van der Waals surface area contributed by atoms with Crippen molar-refractivity contribution in [3.8, 4) is 11.3 Å². The van der Waals surface area contributed by atoms with E-state index in [4.69, 9.17) is 9.73 Å². The van der Waals surface area contributed by atoms with Crippen LogP contribution in [0, 0.1) is 0 Å². The van der Waals surface area contributed by atoms with Crippen LogP contribution in [0.5, 0.6) is 0 Å². The number of thiazole rings is 1. The molecule has 4 heteroatoms. The van der Waals surface area contributed by atoms with E-state index in [0.29, 0.717) is 0 Å². The predicted molar refractivity (Wildman–Crippen MR) is 98.4 cm³/mol. The van der Waals surface area contributed by atoms with Crippen molar-refractivity contribution in [2.24, 2.45) is 4.99 Å². The molecule has 1 aliphatic heterocycles. The third kappa shape index (κ3) is 3.35. The highest BCUT2D eigenvalue weighted by Crippen LogP contribution is 2.23. The average Bonchev–Trinajstić information content (AvgIpc) is 3.28. The first-order chi connectivity index (χ1) is 11.9. The van der Waals surface area contributed by atoms with Crippen LogP contribution in [0.2, 0.25) is 0 Å². The van der Waals surface area contributed by atoms with Gasteiger partial charge in [-0.15, -0.1) is 11.3 Å². The lowest BCUT2D eigenvalue weighted by atomic mass is 10.1. The van der Waals surface area contributed by atoms with Crippen molar-refractivity contribution in [3.05, 3.63) is 70.8 Å². The van der Waals surface area contributed by atoms with Crippen LogP contribution < -0.4 is 4.80 Å².